The molecule has 3 nitrogen and oxygen atoms in total. The van der Waals surface area contributed by atoms with Crippen molar-refractivity contribution >= 4 is 44.8 Å². The van der Waals surface area contributed by atoms with Crippen molar-refractivity contribution in [1.29, 1.82) is 0 Å². The van der Waals surface area contributed by atoms with Crippen LogP contribution in [0.1, 0.15) is 32.9 Å². The molecule has 0 atom stereocenters. The van der Waals surface area contributed by atoms with E-state index in [2.05, 4.69) is 0 Å². The first-order valence-corrected chi connectivity index (χ1v) is 8.88. The molecule has 0 N–H and O–H groups in total. The highest BCUT2D eigenvalue weighted by atomic mass is 35.5. The van der Waals surface area contributed by atoms with Gasteiger partial charge in [-0.2, -0.15) is 0 Å². The van der Waals surface area contributed by atoms with E-state index in [0.29, 0.717) is 21.9 Å². The molecule has 6 heteroatoms. The van der Waals surface area contributed by atoms with Gasteiger partial charge in [-0.25, -0.2) is 9.18 Å². The molecule has 3 aromatic rings. The quantitative estimate of drug-likeness (QED) is 0.323. The van der Waals surface area contributed by atoms with Crippen molar-refractivity contribution in [2.45, 2.75) is 12.8 Å². The molecular formula is C19H14ClFO3S. The molecule has 0 aliphatic rings. The molecule has 0 aliphatic carbocycles. The summed E-state index contributed by atoms with van der Waals surface area (Å²) in [6.45, 7) is 0.121. The number of ether oxygens (including phenoxy) is 1. The molecule has 0 unspecified atom stereocenters. The summed E-state index contributed by atoms with van der Waals surface area (Å²) in [6, 6.07) is 12.9. The maximum absolute atomic E-state index is 12.8. The SMILES string of the molecule is O=C(CCCOC(=O)c1sc2ccccc2c1Cl)c1ccc(F)cc1. The number of fused-ring (bicyclic) bond motifs is 1. The van der Waals surface area contributed by atoms with Gasteiger partial charge >= 0.3 is 5.97 Å². The van der Waals surface area contributed by atoms with Gasteiger partial charge in [0.2, 0.25) is 0 Å². The zero-order chi connectivity index (χ0) is 17.8. The Hall–Kier alpha value is -2.24. The Morgan fingerprint density at radius 3 is 2.52 bits per heavy atom. The zero-order valence-corrected chi connectivity index (χ0v) is 14.7. The van der Waals surface area contributed by atoms with E-state index in [-0.39, 0.29) is 24.6 Å². The van der Waals surface area contributed by atoms with Crippen LogP contribution in [0.25, 0.3) is 10.1 Å². The largest absolute Gasteiger partial charge is 0.461 e. The van der Waals surface area contributed by atoms with Crippen LogP contribution in [-0.2, 0) is 4.74 Å². The Morgan fingerprint density at radius 2 is 1.80 bits per heavy atom. The number of thiophene rings is 1. The van der Waals surface area contributed by atoms with Crippen LogP contribution in [0.5, 0.6) is 0 Å². The maximum atomic E-state index is 12.8. The molecule has 0 fully saturated rings. The fourth-order valence-electron chi connectivity index (χ4n) is 2.39. The minimum absolute atomic E-state index is 0.115. The molecule has 2 aromatic carbocycles. The summed E-state index contributed by atoms with van der Waals surface area (Å²) in [5, 5.41) is 1.22. The van der Waals surface area contributed by atoms with Gasteiger partial charge in [-0.3, -0.25) is 4.79 Å². The summed E-state index contributed by atoms with van der Waals surface area (Å²) in [5.74, 6) is -0.984. The van der Waals surface area contributed by atoms with E-state index in [4.69, 9.17) is 16.3 Å². The smallest absolute Gasteiger partial charge is 0.349 e. The van der Waals surface area contributed by atoms with Crippen molar-refractivity contribution in [3.05, 3.63) is 69.8 Å². The van der Waals surface area contributed by atoms with Crippen LogP contribution >= 0.6 is 22.9 Å². The Morgan fingerprint density at radius 1 is 1.08 bits per heavy atom. The Kier molecular flexibility index (Phi) is 5.46. The van der Waals surface area contributed by atoms with Gasteiger partial charge in [-0.1, -0.05) is 29.8 Å². The third kappa shape index (κ3) is 4.06. The van der Waals surface area contributed by atoms with E-state index >= 15 is 0 Å². The minimum atomic E-state index is -0.486. The molecule has 25 heavy (non-hydrogen) atoms. The molecule has 1 aromatic heterocycles. The number of benzene rings is 2. The number of ketones is 1. The zero-order valence-electron chi connectivity index (χ0n) is 13.1. The number of hydrogen-bond donors (Lipinski definition) is 0. The van der Waals surface area contributed by atoms with Gasteiger partial charge in [0.25, 0.3) is 0 Å². The summed E-state index contributed by atoms with van der Waals surface area (Å²) in [5.41, 5.74) is 0.445. The van der Waals surface area contributed by atoms with Crippen molar-refractivity contribution in [2.24, 2.45) is 0 Å². The predicted molar refractivity (Wildman–Crippen MR) is 97.1 cm³/mol. The van der Waals surface area contributed by atoms with Crippen molar-refractivity contribution in [3.8, 4) is 0 Å². The van der Waals surface area contributed by atoms with Gasteiger partial charge in [0.15, 0.2) is 5.78 Å². The number of halogens is 2. The number of rotatable bonds is 6. The van der Waals surface area contributed by atoms with Gasteiger partial charge < -0.3 is 4.74 Å². The first-order chi connectivity index (χ1) is 12.1. The highest BCUT2D eigenvalue weighted by molar-refractivity contribution is 7.21. The van der Waals surface area contributed by atoms with E-state index in [0.717, 1.165) is 10.1 Å². The van der Waals surface area contributed by atoms with Crippen LogP contribution in [0.15, 0.2) is 48.5 Å². The van der Waals surface area contributed by atoms with Crippen molar-refractivity contribution in [2.75, 3.05) is 6.61 Å². The average molecular weight is 377 g/mol. The molecule has 0 aliphatic heterocycles. The van der Waals surface area contributed by atoms with E-state index in [1.54, 1.807) is 0 Å². The molecule has 128 valence electrons. The molecule has 1 heterocycles. The standard InChI is InChI=1S/C19H14ClFO3S/c20-17-14-4-1-2-6-16(14)25-18(17)19(23)24-11-3-5-15(22)12-7-9-13(21)10-8-12/h1-2,4,6-10H,3,5,11H2. The third-order valence-corrected chi connectivity index (χ3v) is 5.32. The second-order valence-corrected chi connectivity index (χ2v) is 6.84. The van der Waals surface area contributed by atoms with Crippen molar-refractivity contribution in [3.63, 3.8) is 0 Å². The lowest BCUT2D eigenvalue weighted by Gasteiger charge is -2.04. The van der Waals surface area contributed by atoms with Gasteiger partial charge in [0.1, 0.15) is 10.7 Å². The first kappa shape index (κ1) is 17.6. The van der Waals surface area contributed by atoms with Crippen LogP contribution in [0.2, 0.25) is 5.02 Å². The number of carbonyl (C=O) groups excluding carboxylic acids is 2. The van der Waals surface area contributed by atoms with Gasteiger partial charge in [0.05, 0.1) is 11.6 Å². The molecule has 0 radical (unpaired) electrons. The van der Waals surface area contributed by atoms with E-state index < -0.39 is 5.97 Å². The van der Waals surface area contributed by atoms with Gasteiger partial charge in [-0.15, -0.1) is 11.3 Å². The van der Waals surface area contributed by atoms with E-state index in [1.807, 2.05) is 24.3 Å². The molecule has 0 amide bonds. The number of hydrogen-bond acceptors (Lipinski definition) is 4. The van der Waals surface area contributed by atoms with Gasteiger partial charge in [0, 0.05) is 22.1 Å². The van der Waals surface area contributed by atoms with Crippen LogP contribution < -0.4 is 0 Å². The average Bonchev–Trinajstić information content (AvgIpc) is 2.96. The highest BCUT2D eigenvalue weighted by Crippen LogP contribution is 2.35. The summed E-state index contributed by atoms with van der Waals surface area (Å²) in [4.78, 5) is 24.5. The fraction of sp³-hybridized carbons (Fsp3) is 0.158. The molecule has 0 bridgehead atoms. The number of Topliss-reactive ketones (excluding diaryl/α,β-unsaturated/α-hetero) is 1. The van der Waals surface area contributed by atoms with E-state index in [9.17, 15) is 14.0 Å². The normalized spacial score (nSPS) is 10.8. The van der Waals surface area contributed by atoms with E-state index in [1.165, 1.54) is 35.6 Å². The molecule has 0 spiro atoms. The molecule has 0 saturated heterocycles. The Labute approximate surface area is 153 Å². The topological polar surface area (TPSA) is 43.4 Å². The summed E-state index contributed by atoms with van der Waals surface area (Å²) in [6.07, 6.45) is 0.615. The number of esters is 1. The second-order valence-electron chi connectivity index (χ2n) is 5.41. The summed E-state index contributed by atoms with van der Waals surface area (Å²) >= 11 is 7.52. The van der Waals surface area contributed by atoms with Gasteiger partial charge in [-0.05, 0) is 36.8 Å². The molecular weight excluding hydrogens is 363 g/mol. The lowest BCUT2D eigenvalue weighted by atomic mass is 10.1. The Bertz CT molecular complexity index is 918. The Balaban J connectivity index is 1.53. The minimum Gasteiger partial charge on any atom is -0.461 e. The van der Waals surface area contributed by atoms with Crippen LogP contribution in [0, 0.1) is 5.82 Å². The second kappa shape index (κ2) is 7.76. The maximum Gasteiger partial charge on any atom is 0.349 e. The van der Waals surface area contributed by atoms with Crippen LogP contribution in [0.4, 0.5) is 4.39 Å². The lowest BCUT2D eigenvalue weighted by Crippen LogP contribution is -2.07. The van der Waals surface area contributed by atoms with Crippen molar-refractivity contribution < 1.29 is 18.7 Å². The first-order valence-electron chi connectivity index (χ1n) is 7.69. The van der Waals surface area contributed by atoms with Crippen molar-refractivity contribution in [1.82, 2.24) is 0 Å². The third-order valence-electron chi connectivity index (χ3n) is 3.67. The predicted octanol–water partition coefficient (Wildman–Crippen LogP) is 5.51. The number of carbonyl (C=O) groups is 2. The van der Waals surface area contributed by atoms with Crippen LogP contribution in [-0.4, -0.2) is 18.4 Å². The lowest BCUT2D eigenvalue weighted by molar-refractivity contribution is 0.0500. The van der Waals surface area contributed by atoms with Crippen LogP contribution in [0.3, 0.4) is 0 Å². The molecule has 3 rings (SSSR count). The summed E-state index contributed by atoms with van der Waals surface area (Å²) in [7, 11) is 0. The highest BCUT2D eigenvalue weighted by Gasteiger charge is 2.18. The monoisotopic (exact) mass is 376 g/mol. The fourth-order valence-corrected chi connectivity index (χ4v) is 3.79. The molecule has 0 saturated carbocycles. The summed E-state index contributed by atoms with van der Waals surface area (Å²) < 4.78 is 19.0.